The Kier molecular flexibility index (Phi) is 11.1. The number of benzene rings is 2. The molecule has 1 heterocycles. The molecule has 0 aromatic heterocycles. The van der Waals surface area contributed by atoms with Crippen LogP contribution in [0.4, 0.5) is 0 Å². The number of phenolic OH excluding ortho intramolecular Hbond substituents is 1. The summed E-state index contributed by atoms with van der Waals surface area (Å²) >= 11 is 0. The van der Waals surface area contributed by atoms with Gasteiger partial charge in [-0.15, -0.1) is 0 Å². The number of aliphatic hydroxyl groups is 2. The van der Waals surface area contributed by atoms with E-state index in [0.29, 0.717) is 43.4 Å². The standard InChI is InChI=1S/C34H41NO8/c1-22(17-23-9-8-10-25(37)18-23)14-15-29(38)31-24(21-43-26-11-4-2-5-12-26)19-27-32(28(31)20-36)34(42)35(33(27)41)16-7-3-6-13-30(39)40/h2,4-5,8-12,17-18,27-29,32,36-38H,3,6-7,13-16,19-21H2,1H3,(H,39,40)/b22-17+/t27-,28+,29-,32-/m1/s1. The highest BCUT2D eigenvalue weighted by atomic mass is 16.5. The molecule has 1 saturated heterocycles. The number of para-hydroxylation sites is 1. The Morgan fingerprint density at radius 2 is 1.81 bits per heavy atom. The lowest BCUT2D eigenvalue weighted by Gasteiger charge is -2.36. The number of unbranched alkanes of at least 4 members (excludes halogenated alkanes) is 2. The van der Waals surface area contributed by atoms with Crippen LogP contribution in [0.5, 0.6) is 11.5 Å². The van der Waals surface area contributed by atoms with Gasteiger partial charge < -0.3 is 25.2 Å². The van der Waals surface area contributed by atoms with Crippen molar-refractivity contribution in [3.63, 3.8) is 0 Å². The van der Waals surface area contributed by atoms with E-state index in [2.05, 4.69) is 0 Å². The molecule has 2 amide bonds. The van der Waals surface area contributed by atoms with E-state index in [1.807, 2.05) is 49.4 Å². The molecule has 4 atom stereocenters. The van der Waals surface area contributed by atoms with Crippen LogP contribution in [0.15, 0.2) is 71.3 Å². The van der Waals surface area contributed by atoms with Crippen LogP contribution in [-0.4, -0.2) is 69.0 Å². The number of ether oxygens (including phenoxy) is 1. The third-order valence-corrected chi connectivity index (χ3v) is 8.36. The van der Waals surface area contributed by atoms with E-state index in [0.717, 1.165) is 16.7 Å². The first-order chi connectivity index (χ1) is 20.7. The van der Waals surface area contributed by atoms with Crippen LogP contribution in [-0.2, 0) is 14.4 Å². The molecule has 0 saturated carbocycles. The van der Waals surface area contributed by atoms with Crippen molar-refractivity contribution in [2.24, 2.45) is 17.8 Å². The van der Waals surface area contributed by atoms with E-state index < -0.39 is 36.4 Å². The van der Waals surface area contributed by atoms with Crippen LogP contribution in [0, 0.1) is 17.8 Å². The molecule has 0 spiro atoms. The van der Waals surface area contributed by atoms with Crippen molar-refractivity contribution in [2.45, 2.75) is 58.0 Å². The lowest BCUT2D eigenvalue weighted by atomic mass is 9.68. The SMILES string of the molecule is C/C(=C\c1cccc(O)c1)CC[C@@H](O)C1=C(COc2ccccc2)C[C@H]2C(=O)N(CCCCCC(=O)O)C(=O)[C@H]2[C@H]1CO. The predicted molar refractivity (Wildman–Crippen MR) is 161 cm³/mol. The highest BCUT2D eigenvalue weighted by Gasteiger charge is 2.54. The van der Waals surface area contributed by atoms with Crippen molar-refractivity contribution in [1.29, 1.82) is 0 Å². The molecule has 1 aliphatic carbocycles. The maximum Gasteiger partial charge on any atom is 0.303 e. The molecule has 1 fully saturated rings. The van der Waals surface area contributed by atoms with Crippen molar-refractivity contribution < 1.29 is 39.5 Å². The molecule has 0 unspecified atom stereocenters. The van der Waals surface area contributed by atoms with Gasteiger partial charge in [-0.25, -0.2) is 0 Å². The zero-order valence-electron chi connectivity index (χ0n) is 24.5. The van der Waals surface area contributed by atoms with Crippen molar-refractivity contribution in [3.05, 3.63) is 76.9 Å². The number of aliphatic carboxylic acids is 1. The zero-order chi connectivity index (χ0) is 30.9. The van der Waals surface area contributed by atoms with Gasteiger partial charge in [-0.1, -0.05) is 48.4 Å². The number of aromatic hydroxyl groups is 1. The van der Waals surface area contributed by atoms with Gasteiger partial charge in [0.2, 0.25) is 11.8 Å². The number of carbonyl (C=O) groups excluding carboxylic acids is 2. The van der Waals surface area contributed by atoms with Crippen molar-refractivity contribution in [2.75, 3.05) is 19.8 Å². The van der Waals surface area contributed by atoms with Gasteiger partial charge in [-0.3, -0.25) is 19.3 Å². The summed E-state index contributed by atoms with van der Waals surface area (Å²) < 4.78 is 6.04. The van der Waals surface area contributed by atoms with Gasteiger partial charge in [0, 0.05) is 18.9 Å². The largest absolute Gasteiger partial charge is 0.508 e. The van der Waals surface area contributed by atoms with Crippen LogP contribution >= 0.6 is 0 Å². The number of amides is 2. The van der Waals surface area contributed by atoms with Crippen LogP contribution in [0.2, 0.25) is 0 Å². The number of phenols is 1. The first-order valence-corrected chi connectivity index (χ1v) is 14.9. The van der Waals surface area contributed by atoms with E-state index >= 15 is 0 Å². The molecule has 43 heavy (non-hydrogen) atoms. The maximum atomic E-state index is 13.6. The number of rotatable bonds is 15. The Morgan fingerprint density at radius 3 is 2.51 bits per heavy atom. The summed E-state index contributed by atoms with van der Waals surface area (Å²) in [6.45, 7) is 1.87. The third kappa shape index (κ3) is 8.12. The Bertz CT molecular complexity index is 1350. The number of fused-ring (bicyclic) bond motifs is 1. The average molecular weight is 592 g/mol. The molecule has 1 aliphatic heterocycles. The number of aliphatic hydroxyl groups excluding tert-OH is 2. The topological polar surface area (TPSA) is 145 Å². The monoisotopic (exact) mass is 591 g/mol. The summed E-state index contributed by atoms with van der Waals surface area (Å²) in [5, 5.41) is 40.8. The fourth-order valence-electron chi connectivity index (χ4n) is 6.28. The quantitative estimate of drug-likeness (QED) is 0.134. The van der Waals surface area contributed by atoms with Gasteiger partial charge in [0.25, 0.3) is 0 Å². The second kappa shape index (κ2) is 15.0. The second-order valence-corrected chi connectivity index (χ2v) is 11.5. The van der Waals surface area contributed by atoms with Crippen LogP contribution in [0.25, 0.3) is 6.08 Å². The van der Waals surface area contributed by atoms with E-state index in [1.165, 1.54) is 4.90 Å². The fourth-order valence-corrected chi connectivity index (χ4v) is 6.28. The first-order valence-electron chi connectivity index (χ1n) is 14.9. The molecule has 4 N–H and O–H groups in total. The highest BCUT2D eigenvalue weighted by Crippen LogP contribution is 2.46. The number of hydrogen-bond acceptors (Lipinski definition) is 7. The molecular formula is C34H41NO8. The minimum atomic E-state index is -0.965. The van der Waals surface area contributed by atoms with Crippen LogP contribution < -0.4 is 4.74 Å². The molecular weight excluding hydrogens is 550 g/mol. The van der Waals surface area contributed by atoms with Crippen LogP contribution in [0.3, 0.4) is 0 Å². The molecule has 0 radical (unpaired) electrons. The zero-order valence-corrected chi connectivity index (χ0v) is 24.5. The predicted octanol–water partition coefficient (Wildman–Crippen LogP) is 4.57. The van der Waals surface area contributed by atoms with E-state index in [-0.39, 0.29) is 43.6 Å². The van der Waals surface area contributed by atoms with Gasteiger partial charge in [0.05, 0.1) is 24.5 Å². The number of carbonyl (C=O) groups is 3. The number of hydrogen-bond donors (Lipinski definition) is 4. The summed E-state index contributed by atoms with van der Waals surface area (Å²) in [5.41, 5.74) is 3.11. The summed E-state index contributed by atoms with van der Waals surface area (Å²) in [6.07, 6.45) is 3.69. The third-order valence-electron chi connectivity index (χ3n) is 8.36. The number of imide groups is 1. The molecule has 9 heteroatoms. The minimum absolute atomic E-state index is 0.0398. The van der Waals surface area contributed by atoms with E-state index in [4.69, 9.17) is 9.84 Å². The van der Waals surface area contributed by atoms with E-state index in [1.54, 1.807) is 18.2 Å². The van der Waals surface area contributed by atoms with Crippen LogP contribution in [0.1, 0.15) is 57.4 Å². The normalized spacial score (nSPS) is 21.2. The lowest BCUT2D eigenvalue weighted by Crippen LogP contribution is -2.40. The van der Waals surface area contributed by atoms with Crippen molar-refractivity contribution in [3.8, 4) is 11.5 Å². The molecule has 4 rings (SSSR count). The maximum absolute atomic E-state index is 13.6. The Hall–Kier alpha value is -3.95. The molecule has 2 aromatic carbocycles. The Balaban J connectivity index is 1.54. The van der Waals surface area contributed by atoms with Gasteiger partial charge in [-0.05, 0) is 80.0 Å². The second-order valence-electron chi connectivity index (χ2n) is 11.5. The molecule has 230 valence electrons. The number of carboxylic acid groups (broad SMARTS) is 1. The van der Waals surface area contributed by atoms with Gasteiger partial charge in [0.15, 0.2) is 0 Å². The number of likely N-dealkylation sites (tertiary alicyclic amines) is 1. The van der Waals surface area contributed by atoms with Gasteiger partial charge >= 0.3 is 5.97 Å². The summed E-state index contributed by atoms with van der Waals surface area (Å²) in [4.78, 5) is 39.1. The highest BCUT2D eigenvalue weighted by molar-refractivity contribution is 6.05. The Labute approximate surface area is 252 Å². The Morgan fingerprint density at radius 1 is 1.05 bits per heavy atom. The van der Waals surface area contributed by atoms with Gasteiger partial charge in [0.1, 0.15) is 18.1 Å². The molecule has 2 aromatic rings. The number of allylic oxidation sites excluding steroid dienone is 1. The van der Waals surface area contributed by atoms with Crippen molar-refractivity contribution in [1.82, 2.24) is 4.90 Å². The summed E-state index contributed by atoms with van der Waals surface area (Å²) in [7, 11) is 0. The van der Waals surface area contributed by atoms with Crippen molar-refractivity contribution >= 4 is 23.9 Å². The van der Waals surface area contributed by atoms with E-state index in [9.17, 15) is 29.7 Å². The molecule has 2 aliphatic rings. The minimum Gasteiger partial charge on any atom is -0.508 e. The first kappa shape index (κ1) is 32.0. The summed E-state index contributed by atoms with van der Waals surface area (Å²) in [6, 6.07) is 16.1. The average Bonchev–Trinajstić information content (AvgIpc) is 3.22. The number of carboxylic acids is 1. The van der Waals surface area contributed by atoms with Gasteiger partial charge in [-0.2, -0.15) is 0 Å². The summed E-state index contributed by atoms with van der Waals surface area (Å²) in [5.74, 6) is -2.87. The smallest absolute Gasteiger partial charge is 0.303 e. The molecule has 9 nitrogen and oxygen atoms in total. The number of nitrogens with zero attached hydrogens (tertiary/aromatic N) is 1. The molecule has 0 bridgehead atoms. The lowest BCUT2D eigenvalue weighted by molar-refractivity contribution is -0.141. The fraction of sp³-hybridized carbons (Fsp3) is 0.441.